The molecule has 0 aliphatic carbocycles. The van der Waals surface area contributed by atoms with Crippen LogP contribution < -0.4 is 5.32 Å². The van der Waals surface area contributed by atoms with E-state index in [1.54, 1.807) is 4.90 Å². The Labute approximate surface area is 140 Å². The van der Waals surface area contributed by atoms with Crippen molar-refractivity contribution >= 4 is 17.7 Å². The zero-order valence-corrected chi connectivity index (χ0v) is 14.1. The summed E-state index contributed by atoms with van der Waals surface area (Å²) >= 11 is 0. The number of hydrogen-bond acceptors (Lipinski definition) is 4. The molecule has 1 unspecified atom stereocenters. The lowest BCUT2D eigenvalue weighted by atomic mass is 10.1. The molecule has 0 saturated carbocycles. The van der Waals surface area contributed by atoms with Gasteiger partial charge in [-0.2, -0.15) is 0 Å². The second-order valence-electron chi connectivity index (χ2n) is 6.91. The number of carbonyl (C=O) groups excluding carboxylic acids is 1. The number of hydrogen-bond donors (Lipinski definition) is 2. The van der Waals surface area contributed by atoms with Crippen LogP contribution in [0.2, 0.25) is 0 Å². The SMILES string of the molecule is CC(C)(C)OC(=O)N1CCCC(Nc2ccc(F)c(C(=O)O)c2)C1. The van der Waals surface area contributed by atoms with Crippen LogP contribution in [-0.4, -0.2) is 46.8 Å². The van der Waals surface area contributed by atoms with Crippen molar-refractivity contribution in [1.82, 2.24) is 4.90 Å². The van der Waals surface area contributed by atoms with Gasteiger partial charge in [-0.3, -0.25) is 0 Å². The van der Waals surface area contributed by atoms with E-state index in [0.29, 0.717) is 18.8 Å². The fourth-order valence-corrected chi connectivity index (χ4v) is 2.60. The van der Waals surface area contributed by atoms with E-state index in [2.05, 4.69) is 5.32 Å². The molecule has 1 heterocycles. The van der Waals surface area contributed by atoms with Crippen LogP contribution in [0.5, 0.6) is 0 Å². The number of piperidine rings is 1. The Morgan fingerprint density at radius 3 is 2.71 bits per heavy atom. The highest BCUT2D eigenvalue weighted by molar-refractivity contribution is 5.89. The number of carboxylic acids is 1. The molecule has 7 heteroatoms. The Kier molecular flexibility index (Phi) is 5.31. The molecule has 1 atom stereocenters. The molecule has 0 bridgehead atoms. The standard InChI is InChI=1S/C17H23FN2O4/c1-17(2,3)24-16(23)20-8-4-5-12(10-20)19-11-6-7-14(18)13(9-11)15(21)22/h6-7,9,12,19H,4-5,8,10H2,1-3H3,(H,21,22). The fraction of sp³-hybridized carbons (Fsp3) is 0.529. The van der Waals surface area contributed by atoms with E-state index in [1.165, 1.54) is 12.1 Å². The molecule has 0 spiro atoms. The topological polar surface area (TPSA) is 78.9 Å². The number of carboxylic acid groups (broad SMARTS) is 1. The van der Waals surface area contributed by atoms with Crippen LogP contribution in [0.4, 0.5) is 14.9 Å². The highest BCUT2D eigenvalue weighted by atomic mass is 19.1. The van der Waals surface area contributed by atoms with Gasteiger partial charge in [0, 0.05) is 24.8 Å². The quantitative estimate of drug-likeness (QED) is 0.884. The predicted octanol–water partition coefficient (Wildman–Crippen LogP) is 3.34. The summed E-state index contributed by atoms with van der Waals surface area (Å²) in [6.07, 6.45) is 1.28. The summed E-state index contributed by atoms with van der Waals surface area (Å²) in [5, 5.41) is 12.2. The van der Waals surface area contributed by atoms with E-state index in [0.717, 1.165) is 18.9 Å². The van der Waals surface area contributed by atoms with Crippen molar-refractivity contribution < 1.29 is 23.8 Å². The number of nitrogens with one attached hydrogen (secondary N) is 1. The third-order valence-corrected chi connectivity index (χ3v) is 3.64. The molecule has 6 nitrogen and oxygen atoms in total. The van der Waals surface area contributed by atoms with Crippen LogP contribution in [0.3, 0.4) is 0 Å². The van der Waals surface area contributed by atoms with Crippen molar-refractivity contribution in [3.8, 4) is 0 Å². The number of rotatable bonds is 3. The van der Waals surface area contributed by atoms with E-state index in [1.807, 2.05) is 20.8 Å². The Bertz CT molecular complexity index is 628. The minimum absolute atomic E-state index is 0.0432. The maximum Gasteiger partial charge on any atom is 0.410 e. The summed E-state index contributed by atoms with van der Waals surface area (Å²) in [4.78, 5) is 24.8. The molecule has 1 aliphatic heterocycles. The summed E-state index contributed by atoms with van der Waals surface area (Å²) < 4.78 is 18.8. The summed E-state index contributed by atoms with van der Waals surface area (Å²) in [6.45, 7) is 6.52. The van der Waals surface area contributed by atoms with Crippen LogP contribution in [0.1, 0.15) is 44.0 Å². The van der Waals surface area contributed by atoms with Crippen LogP contribution in [0.15, 0.2) is 18.2 Å². The number of anilines is 1. The lowest BCUT2D eigenvalue weighted by molar-refractivity contribution is 0.0206. The van der Waals surface area contributed by atoms with Crippen molar-refractivity contribution in [3.63, 3.8) is 0 Å². The van der Waals surface area contributed by atoms with E-state index in [-0.39, 0.29) is 17.7 Å². The van der Waals surface area contributed by atoms with Gasteiger partial charge in [-0.05, 0) is 51.8 Å². The first kappa shape index (κ1) is 18.0. The van der Waals surface area contributed by atoms with Gasteiger partial charge in [-0.15, -0.1) is 0 Å². The normalized spacial score (nSPS) is 18.2. The molecule has 0 aromatic heterocycles. The number of likely N-dealkylation sites (tertiary alicyclic amines) is 1. The van der Waals surface area contributed by atoms with Gasteiger partial charge in [-0.25, -0.2) is 14.0 Å². The van der Waals surface area contributed by atoms with Crippen molar-refractivity contribution in [2.24, 2.45) is 0 Å². The average Bonchev–Trinajstić information content (AvgIpc) is 2.47. The zero-order chi connectivity index (χ0) is 17.9. The lowest BCUT2D eigenvalue weighted by Gasteiger charge is -2.34. The Hall–Kier alpha value is -2.31. The van der Waals surface area contributed by atoms with Crippen LogP contribution in [0, 0.1) is 5.82 Å². The van der Waals surface area contributed by atoms with Crippen molar-refractivity contribution in [1.29, 1.82) is 0 Å². The molecule has 132 valence electrons. The zero-order valence-electron chi connectivity index (χ0n) is 14.1. The first-order chi connectivity index (χ1) is 11.2. The second-order valence-corrected chi connectivity index (χ2v) is 6.91. The third-order valence-electron chi connectivity index (χ3n) is 3.64. The molecule has 2 N–H and O–H groups in total. The highest BCUT2D eigenvalue weighted by Crippen LogP contribution is 2.20. The van der Waals surface area contributed by atoms with Gasteiger partial charge >= 0.3 is 12.1 Å². The van der Waals surface area contributed by atoms with Crippen molar-refractivity contribution in [2.45, 2.75) is 45.3 Å². The van der Waals surface area contributed by atoms with Crippen LogP contribution >= 0.6 is 0 Å². The van der Waals surface area contributed by atoms with Crippen LogP contribution in [0.25, 0.3) is 0 Å². The molecular formula is C17H23FN2O4. The summed E-state index contributed by atoms with van der Waals surface area (Å²) in [5.41, 5.74) is -0.408. The Morgan fingerprint density at radius 2 is 2.08 bits per heavy atom. The van der Waals surface area contributed by atoms with E-state index < -0.39 is 17.4 Å². The fourth-order valence-electron chi connectivity index (χ4n) is 2.60. The molecule has 0 radical (unpaired) electrons. The minimum atomic E-state index is -1.31. The number of aromatic carboxylic acids is 1. The van der Waals surface area contributed by atoms with Gasteiger partial charge < -0.3 is 20.1 Å². The molecule has 1 aliphatic rings. The second kappa shape index (κ2) is 7.07. The van der Waals surface area contributed by atoms with Gasteiger partial charge in [0.15, 0.2) is 0 Å². The van der Waals surface area contributed by atoms with Gasteiger partial charge in [0.05, 0.1) is 5.56 Å². The molecule has 1 aromatic carbocycles. The maximum absolute atomic E-state index is 13.4. The summed E-state index contributed by atoms with van der Waals surface area (Å²) in [7, 11) is 0. The predicted molar refractivity (Wildman–Crippen MR) is 87.8 cm³/mol. The number of nitrogens with zero attached hydrogens (tertiary/aromatic N) is 1. The highest BCUT2D eigenvalue weighted by Gasteiger charge is 2.27. The Balaban J connectivity index is 2.02. The van der Waals surface area contributed by atoms with Gasteiger partial charge in [0.2, 0.25) is 0 Å². The molecule has 2 rings (SSSR count). The number of halogens is 1. The third kappa shape index (κ3) is 4.84. The average molecular weight is 338 g/mol. The van der Waals surface area contributed by atoms with Gasteiger partial charge in [-0.1, -0.05) is 0 Å². The molecule has 1 aromatic rings. The number of amides is 1. The molecular weight excluding hydrogens is 315 g/mol. The number of ether oxygens (including phenoxy) is 1. The smallest absolute Gasteiger partial charge is 0.410 e. The Morgan fingerprint density at radius 1 is 1.38 bits per heavy atom. The van der Waals surface area contributed by atoms with E-state index >= 15 is 0 Å². The molecule has 24 heavy (non-hydrogen) atoms. The van der Waals surface area contributed by atoms with Crippen molar-refractivity contribution in [2.75, 3.05) is 18.4 Å². The first-order valence-corrected chi connectivity index (χ1v) is 7.93. The number of carbonyl (C=O) groups is 2. The van der Waals surface area contributed by atoms with E-state index in [4.69, 9.17) is 9.84 Å². The monoisotopic (exact) mass is 338 g/mol. The minimum Gasteiger partial charge on any atom is -0.478 e. The first-order valence-electron chi connectivity index (χ1n) is 7.93. The molecule has 1 fully saturated rings. The van der Waals surface area contributed by atoms with Gasteiger partial charge in [0.25, 0.3) is 0 Å². The largest absolute Gasteiger partial charge is 0.478 e. The van der Waals surface area contributed by atoms with Gasteiger partial charge in [0.1, 0.15) is 11.4 Å². The van der Waals surface area contributed by atoms with E-state index in [9.17, 15) is 14.0 Å². The molecule has 1 amide bonds. The summed E-state index contributed by atoms with van der Waals surface area (Å²) in [5.74, 6) is -2.08. The van der Waals surface area contributed by atoms with Crippen molar-refractivity contribution in [3.05, 3.63) is 29.6 Å². The number of benzene rings is 1. The maximum atomic E-state index is 13.4. The summed E-state index contributed by atoms with van der Waals surface area (Å²) in [6, 6.07) is 3.84. The lowest BCUT2D eigenvalue weighted by Crippen LogP contribution is -2.47. The van der Waals surface area contributed by atoms with Crippen LogP contribution in [-0.2, 0) is 4.74 Å². The molecule has 1 saturated heterocycles.